The number of aliphatic hydroxyl groups excluding tert-OH is 1. The first kappa shape index (κ1) is 13.4. The monoisotopic (exact) mass is 244 g/mol. The topological polar surface area (TPSA) is 55.8 Å². The van der Waals surface area contributed by atoms with E-state index in [1.54, 1.807) is 12.1 Å². The van der Waals surface area contributed by atoms with Crippen LogP contribution in [0.15, 0.2) is 47.6 Å². The number of methoxy groups -OCH3 is 2. The SMILES string of the molecule is COC(=C=O)/C(OC)=C(\O)C#Cc1ccccc1. The standard InChI is InChI=1S/C14H12O4/c1-17-13(10-15)14(18-2)12(16)9-8-11-6-4-3-5-7-11/h3-7,16H,1-2H3/b14-12+. The lowest BCUT2D eigenvalue weighted by atomic mass is 10.2. The van der Waals surface area contributed by atoms with E-state index in [2.05, 4.69) is 11.8 Å². The summed E-state index contributed by atoms with van der Waals surface area (Å²) >= 11 is 0. The number of benzene rings is 1. The number of allylic oxidation sites excluding steroid dienone is 1. The molecule has 1 aromatic carbocycles. The maximum absolute atomic E-state index is 10.6. The van der Waals surface area contributed by atoms with E-state index in [-0.39, 0.29) is 17.3 Å². The summed E-state index contributed by atoms with van der Waals surface area (Å²) in [6, 6.07) is 9.10. The summed E-state index contributed by atoms with van der Waals surface area (Å²) < 4.78 is 9.56. The highest BCUT2D eigenvalue weighted by molar-refractivity contribution is 5.58. The van der Waals surface area contributed by atoms with Gasteiger partial charge in [0.2, 0.25) is 11.5 Å². The van der Waals surface area contributed by atoms with E-state index in [0.29, 0.717) is 0 Å². The minimum Gasteiger partial charge on any atom is -0.498 e. The van der Waals surface area contributed by atoms with E-state index in [1.165, 1.54) is 20.2 Å². The second-order valence-electron chi connectivity index (χ2n) is 3.13. The maximum atomic E-state index is 10.6. The molecular formula is C14H12O4. The van der Waals surface area contributed by atoms with Gasteiger partial charge in [-0.2, -0.15) is 0 Å². The molecule has 0 bridgehead atoms. The molecule has 0 fully saturated rings. The highest BCUT2D eigenvalue weighted by atomic mass is 16.5. The third kappa shape index (κ3) is 3.44. The predicted octanol–water partition coefficient (Wildman–Crippen LogP) is 1.82. The third-order valence-electron chi connectivity index (χ3n) is 2.02. The first-order valence-electron chi connectivity index (χ1n) is 5.06. The van der Waals surface area contributed by atoms with Crippen LogP contribution in [-0.2, 0) is 14.3 Å². The zero-order chi connectivity index (χ0) is 13.4. The van der Waals surface area contributed by atoms with Gasteiger partial charge in [0.15, 0.2) is 5.94 Å². The lowest BCUT2D eigenvalue weighted by Gasteiger charge is -2.05. The van der Waals surface area contributed by atoms with Crippen LogP contribution in [0.2, 0.25) is 0 Å². The van der Waals surface area contributed by atoms with Crippen molar-refractivity contribution < 1.29 is 19.4 Å². The number of aliphatic hydroxyl groups is 1. The van der Waals surface area contributed by atoms with Crippen molar-refractivity contribution in [3.63, 3.8) is 0 Å². The van der Waals surface area contributed by atoms with Crippen molar-refractivity contribution >= 4 is 5.94 Å². The van der Waals surface area contributed by atoms with Crippen molar-refractivity contribution in [3.8, 4) is 11.8 Å². The van der Waals surface area contributed by atoms with Crippen molar-refractivity contribution in [2.45, 2.75) is 0 Å². The van der Waals surface area contributed by atoms with Crippen LogP contribution >= 0.6 is 0 Å². The number of hydrogen-bond donors (Lipinski definition) is 1. The molecule has 4 heteroatoms. The molecule has 1 aromatic rings. The second-order valence-corrected chi connectivity index (χ2v) is 3.13. The molecule has 0 unspecified atom stereocenters. The summed E-state index contributed by atoms with van der Waals surface area (Å²) in [5.41, 5.74) is 0.730. The lowest BCUT2D eigenvalue weighted by Crippen LogP contribution is -2.00. The summed E-state index contributed by atoms with van der Waals surface area (Å²) in [6.07, 6.45) is 0. The third-order valence-corrected chi connectivity index (χ3v) is 2.02. The molecule has 0 saturated heterocycles. The summed E-state index contributed by atoms with van der Waals surface area (Å²) in [5, 5.41) is 9.70. The van der Waals surface area contributed by atoms with E-state index in [9.17, 15) is 9.90 Å². The molecule has 0 aromatic heterocycles. The normalized spacial score (nSPS) is 10.3. The van der Waals surface area contributed by atoms with E-state index in [1.807, 2.05) is 18.2 Å². The van der Waals surface area contributed by atoms with Crippen molar-refractivity contribution in [1.82, 2.24) is 0 Å². The Morgan fingerprint density at radius 1 is 1.17 bits per heavy atom. The van der Waals surface area contributed by atoms with Crippen LogP contribution in [0.5, 0.6) is 0 Å². The molecule has 0 saturated carbocycles. The molecule has 0 aliphatic carbocycles. The van der Waals surface area contributed by atoms with Gasteiger partial charge in [-0.25, -0.2) is 4.79 Å². The Balaban J connectivity index is 3.09. The van der Waals surface area contributed by atoms with Gasteiger partial charge in [-0.15, -0.1) is 0 Å². The highest BCUT2D eigenvalue weighted by Crippen LogP contribution is 2.12. The van der Waals surface area contributed by atoms with E-state index >= 15 is 0 Å². The summed E-state index contributed by atoms with van der Waals surface area (Å²) in [5.74, 6) is 5.95. The van der Waals surface area contributed by atoms with E-state index in [0.717, 1.165) is 5.56 Å². The Kier molecular flexibility index (Phi) is 5.11. The van der Waals surface area contributed by atoms with Crippen molar-refractivity contribution in [3.05, 3.63) is 53.2 Å². The van der Waals surface area contributed by atoms with Crippen molar-refractivity contribution in [1.29, 1.82) is 0 Å². The Hall–Kier alpha value is -2.63. The number of hydrogen-bond acceptors (Lipinski definition) is 4. The van der Waals surface area contributed by atoms with Crippen LogP contribution in [0.4, 0.5) is 0 Å². The van der Waals surface area contributed by atoms with Crippen molar-refractivity contribution in [2.24, 2.45) is 0 Å². The summed E-state index contributed by atoms with van der Waals surface area (Å²) in [4.78, 5) is 10.6. The molecule has 0 aliphatic heterocycles. The number of ether oxygens (including phenoxy) is 2. The summed E-state index contributed by atoms with van der Waals surface area (Å²) in [7, 11) is 2.57. The van der Waals surface area contributed by atoms with Crippen LogP contribution in [0, 0.1) is 11.8 Å². The fourth-order valence-electron chi connectivity index (χ4n) is 1.19. The molecule has 0 aliphatic rings. The first-order chi connectivity index (χ1) is 8.72. The average molecular weight is 244 g/mol. The van der Waals surface area contributed by atoms with Gasteiger partial charge in [0.05, 0.1) is 14.2 Å². The zero-order valence-corrected chi connectivity index (χ0v) is 10.1. The van der Waals surface area contributed by atoms with Crippen LogP contribution in [0.1, 0.15) is 5.56 Å². The average Bonchev–Trinajstić information content (AvgIpc) is 2.43. The molecule has 18 heavy (non-hydrogen) atoms. The van der Waals surface area contributed by atoms with Gasteiger partial charge in [0.25, 0.3) is 5.76 Å². The Morgan fingerprint density at radius 2 is 1.83 bits per heavy atom. The Bertz CT molecular complexity index is 540. The molecule has 1 N–H and O–H groups in total. The number of rotatable bonds is 3. The van der Waals surface area contributed by atoms with Crippen molar-refractivity contribution in [2.75, 3.05) is 14.2 Å². The van der Waals surface area contributed by atoms with Gasteiger partial charge in [0.1, 0.15) is 0 Å². The molecule has 0 atom stereocenters. The molecule has 0 radical (unpaired) electrons. The van der Waals surface area contributed by atoms with Crippen LogP contribution < -0.4 is 0 Å². The molecule has 0 heterocycles. The van der Waals surface area contributed by atoms with Gasteiger partial charge in [-0.05, 0) is 18.1 Å². The highest BCUT2D eigenvalue weighted by Gasteiger charge is 2.12. The Morgan fingerprint density at radius 3 is 2.33 bits per heavy atom. The fourth-order valence-corrected chi connectivity index (χ4v) is 1.19. The zero-order valence-electron chi connectivity index (χ0n) is 10.1. The molecule has 92 valence electrons. The second kappa shape index (κ2) is 6.85. The molecule has 0 spiro atoms. The molecular weight excluding hydrogens is 232 g/mol. The van der Waals surface area contributed by atoms with Gasteiger partial charge in [-0.1, -0.05) is 24.1 Å². The van der Waals surface area contributed by atoms with E-state index in [4.69, 9.17) is 9.47 Å². The van der Waals surface area contributed by atoms with E-state index < -0.39 is 0 Å². The van der Waals surface area contributed by atoms with Crippen LogP contribution in [0.25, 0.3) is 0 Å². The Labute approximate surface area is 105 Å². The van der Waals surface area contributed by atoms with Gasteiger partial charge in [0, 0.05) is 5.56 Å². The number of carbonyl (C=O) groups excluding carboxylic acids is 1. The fraction of sp³-hybridized carbons (Fsp3) is 0.143. The van der Waals surface area contributed by atoms with Crippen LogP contribution in [0.3, 0.4) is 0 Å². The van der Waals surface area contributed by atoms with Gasteiger partial charge in [-0.3, -0.25) is 0 Å². The molecule has 1 rings (SSSR count). The first-order valence-corrected chi connectivity index (χ1v) is 5.06. The van der Waals surface area contributed by atoms with Gasteiger partial charge >= 0.3 is 0 Å². The molecule has 4 nitrogen and oxygen atoms in total. The minimum atomic E-state index is -0.387. The smallest absolute Gasteiger partial charge is 0.251 e. The largest absolute Gasteiger partial charge is 0.498 e. The van der Waals surface area contributed by atoms with Crippen LogP contribution in [-0.4, -0.2) is 25.3 Å². The minimum absolute atomic E-state index is 0.143. The maximum Gasteiger partial charge on any atom is 0.251 e. The van der Waals surface area contributed by atoms with Gasteiger partial charge < -0.3 is 14.6 Å². The summed E-state index contributed by atoms with van der Waals surface area (Å²) in [6.45, 7) is 0. The quantitative estimate of drug-likeness (QED) is 0.381. The molecule has 0 amide bonds. The lowest BCUT2D eigenvalue weighted by molar-refractivity contribution is 0.207. The predicted molar refractivity (Wildman–Crippen MR) is 66.2 cm³/mol.